The molecule has 0 saturated carbocycles. The Balaban J connectivity index is 2.05. The Morgan fingerprint density at radius 3 is 2.29 bits per heavy atom. The fourth-order valence-corrected chi connectivity index (χ4v) is 5.90. The predicted molar refractivity (Wildman–Crippen MR) is 163 cm³/mol. The molecule has 9 heteroatoms. The second-order valence-electron chi connectivity index (χ2n) is 10.3. The van der Waals surface area contributed by atoms with E-state index in [2.05, 4.69) is 5.32 Å². The van der Waals surface area contributed by atoms with Crippen molar-refractivity contribution in [3.63, 3.8) is 0 Å². The Hall–Kier alpha value is -3.85. The second-order valence-corrected chi connectivity index (χ2v) is 12.2. The van der Waals surface area contributed by atoms with Crippen LogP contribution in [0.1, 0.15) is 48.9 Å². The third kappa shape index (κ3) is 8.10. The normalized spacial score (nSPS) is 12.0. The van der Waals surface area contributed by atoms with E-state index >= 15 is 0 Å². The zero-order chi connectivity index (χ0) is 30.2. The summed E-state index contributed by atoms with van der Waals surface area (Å²) < 4.78 is 34.6. The molecule has 0 unspecified atom stereocenters. The van der Waals surface area contributed by atoms with E-state index in [4.69, 9.17) is 4.74 Å². The van der Waals surface area contributed by atoms with Crippen LogP contribution in [0.3, 0.4) is 0 Å². The number of carbonyl (C=O) groups is 2. The third-order valence-electron chi connectivity index (χ3n) is 7.01. The van der Waals surface area contributed by atoms with Gasteiger partial charge in [-0.15, -0.1) is 0 Å². The van der Waals surface area contributed by atoms with E-state index in [1.165, 1.54) is 4.90 Å². The molecule has 220 valence electrons. The lowest BCUT2D eigenvalue weighted by Gasteiger charge is -2.32. The number of nitrogens with one attached hydrogen (secondary N) is 1. The van der Waals surface area contributed by atoms with Gasteiger partial charge >= 0.3 is 0 Å². The number of sulfonamides is 1. The third-order valence-corrected chi connectivity index (χ3v) is 8.78. The fraction of sp³-hybridized carbons (Fsp3) is 0.375. The lowest BCUT2D eigenvalue weighted by atomic mass is 10.1. The van der Waals surface area contributed by atoms with Crippen molar-refractivity contribution in [1.29, 1.82) is 0 Å². The van der Waals surface area contributed by atoms with Crippen LogP contribution < -0.4 is 14.4 Å². The van der Waals surface area contributed by atoms with E-state index in [-0.39, 0.29) is 17.3 Å². The maximum Gasteiger partial charge on any atom is 0.264 e. The summed E-state index contributed by atoms with van der Waals surface area (Å²) in [6.07, 6.45) is 1.74. The van der Waals surface area contributed by atoms with Gasteiger partial charge in [0.25, 0.3) is 10.0 Å². The maximum atomic E-state index is 14.1. The van der Waals surface area contributed by atoms with Crippen LogP contribution in [-0.2, 0) is 26.2 Å². The molecule has 0 bridgehead atoms. The van der Waals surface area contributed by atoms with Crippen LogP contribution >= 0.6 is 0 Å². The summed E-state index contributed by atoms with van der Waals surface area (Å²) in [5, 5.41) is 2.90. The van der Waals surface area contributed by atoms with Crippen molar-refractivity contribution >= 4 is 27.5 Å². The van der Waals surface area contributed by atoms with Gasteiger partial charge in [-0.3, -0.25) is 13.9 Å². The van der Waals surface area contributed by atoms with Gasteiger partial charge in [-0.25, -0.2) is 8.42 Å². The number of carbonyl (C=O) groups excluding carboxylic acids is 2. The number of aryl methyl sites for hydroxylation is 3. The molecule has 0 radical (unpaired) electrons. The van der Waals surface area contributed by atoms with Crippen LogP contribution in [0.15, 0.2) is 71.6 Å². The number of ether oxygens (including phenoxy) is 1. The minimum Gasteiger partial charge on any atom is -0.497 e. The van der Waals surface area contributed by atoms with E-state index < -0.39 is 28.5 Å². The monoisotopic (exact) mass is 579 g/mol. The van der Waals surface area contributed by atoms with Crippen LogP contribution in [0.5, 0.6) is 5.75 Å². The van der Waals surface area contributed by atoms with Gasteiger partial charge < -0.3 is 15.0 Å². The van der Waals surface area contributed by atoms with Gasteiger partial charge in [0.2, 0.25) is 11.8 Å². The molecule has 8 nitrogen and oxygen atoms in total. The van der Waals surface area contributed by atoms with Crippen molar-refractivity contribution in [1.82, 2.24) is 10.2 Å². The highest BCUT2D eigenvalue weighted by Gasteiger charge is 2.33. The van der Waals surface area contributed by atoms with E-state index in [1.807, 2.05) is 52.0 Å². The lowest BCUT2D eigenvalue weighted by Crippen LogP contribution is -2.51. The van der Waals surface area contributed by atoms with Gasteiger partial charge in [0, 0.05) is 13.1 Å². The number of hydrogen-bond donors (Lipinski definition) is 1. The molecule has 2 amide bonds. The van der Waals surface area contributed by atoms with Crippen LogP contribution in [0.4, 0.5) is 5.69 Å². The topological polar surface area (TPSA) is 96.0 Å². The number of methoxy groups -OCH3 is 1. The van der Waals surface area contributed by atoms with Gasteiger partial charge in [-0.05, 0) is 81.1 Å². The van der Waals surface area contributed by atoms with Crippen LogP contribution in [0.25, 0.3) is 0 Å². The molecule has 0 heterocycles. The first-order valence-electron chi connectivity index (χ1n) is 13.8. The van der Waals surface area contributed by atoms with Gasteiger partial charge in [-0.1, -0.05) is 55.3 Å². The number of nitrogens with zero attached hydrogens (tertiary/aromatic N) is 2. The maximum absolute atomic E-state index is 14.1. The molecule has 0 aliphatic carbocycles. The summed E-state index contributed by atoms with van der Waals surface area (Å²) in [5.41, 5.74) is 3.67. The van der Waals surface area contributed by atoms with Gasteiger partial charge in [0.15, 0.2) is 0 Å². The quantitative estimate of drug-likeness (QED) is 0.283. The minimum absolute atomic E-state index is 0.0847. The van der Waals surface area contributed by atoms with E-state index in [0.29, 0.717) is 23.5 Å². The van der Waals surface area contributed by atoms with Crippen molar-refractivity contribution < 1.29 is 22.7 Å². The number of unbranched alkanes of at least 4 members (excludes halogenated alkanes) is 1. The number of anilines is 1. The first-order chi connectivity index (χ1) is 19.5. The van der Waals surface area contributed by atoms with Crippen molar-refractivity contribution in [2.24, 2.45) is 0 Å². The average Bonchev–Trinajstić information content (AvgIpc) is 2.95. The lowest BCUT2D eigenvalue weighted by molar-refractivity contribution is -0.139. The molecule has 3 aromatic carbocycles. The molecular weight excluding hydrogens is 538 g/mol. The molecule has 0 aliphatic rings. The van der Waals surface area contributed by atoms with Crippen molar-refractivity contribution in [2.45, 2.75) is 64.9 Å². The molecule has 0 fully saturated rings. The summed E-state index contributed by atoms with van der Waals surface area (Å²) >= 11 is 0. The Labute approximate surface area is 244 Å². The smallest absolute Gasteiger partial charge is 0.264 e. The highest BCUT2D eigenvalue weighted by molar-refractivity contribution is 7.92. The number of hydrogen-bond acceptors (Lipinski definition) is 5. The molecule has 1 atom stereocenters. The SMILES string of the molecule is CCCCNC(=O)[C@H](C)N(Cc1cccc(OC)c1)C(=O)CN(c1cc(C)ccc1C)S(=O)(=O)c1ccc(C)cc1. The molecule has 41 heavy (non-hydrogen) atoms. The number of rotatable bonds is 13. The van der Waals surface area contributed by atoms with Crippen LogP contribution in [0, 0.1) is 20.8 Å². The van der Waals surface area contributed by atoms with E-state index in [1.54, 1.807) is 56.5 Å². The summed E-state index contributed by atoms with van der Waals surface area (Å²) in [7, 11) is -2.56. The summed E-state index contributed by atoms with van der Waals surface area (Å²) in [4.78, 5) is 28.7. The van der Waals surface area contributed by atoms with Gasteiger partial charge in [-0.2, -0.15) is 0 Å². The molecule has 3 aromatic rings. The fourth-order valence-electron chi connectivity index (χ4n) is 4.43. The Bertz CT molecular complexity index is 1450. The van der Waals surface area contributed by atoms with E-state index in [9.17, 15) is 18.0 Å². The van der Waals surface area contributed by atoms with Crippen LogP contribution in [0.2, 0.25) is 0 Å². The molecule has 1 N–H and O–H groups in total. The van der Waals surface area contributed by atoms with Crippen molar-refractivity contribution in [3.8, 4) is 5.75 Å². The molecule has 0 aliphatic heterocycles. The zero-order valence-corrected chi connectivity index (χ0v) is 25.6. The summed E-state index contributed by atoms with van der Waals surface area (Å²) in [5.74, 6) is -0.175. The van der Waals surface area contributed by atoms with Crippen molar-refractivity contribution in [3.05, 3.63) is 89.0 Å². The largest absolute Gasteiger partial charge is 0.497 e. The van der Waals surface area contributed by atoms with Gasteiger partial charge in [0.05, 0.1) is 17.7 Å². The molecule has 0 saturated heterocycles. The Morgan fingerprint density at radius 1 is 0.951 bits per heavy atom. The molecule has 0 spiro atoms. The number of amides is 2. The second kappa shape index (κ2) is 14.2. The minimum atomic E-state index is -4.12. The molecular formula is C32H41N3O5S. The van der Waals surface area contributed by atoms with Crippen LogP contribution in [-0.4, -0.2) is 51.4 Å². The molecule has 3 rings (SSSR count). The summed E-state index contributed by atoms with van der Waals surface area (Å²) in [6.45, 7) is 9.39. The first kappa shape index (κ1) is 31.7. The standard InChI is InChI=1S/C32H41N3O5S/c1-7-8-18-33-32(37)26(5)34(21-27-10-9-11-28(20-27)40-6)31(36)22-35(30-19-24(3)12-15-25(30)4)41(38,39)29-16-13-23(2)14-17-29/h9-17,19-20,26H,7-8,18,21-22H2,1-6H3,(H,33,37)/t26-/m0/s1. The van der Waals surface area contributed by atoms with Crippen molar-refractivity contribution in [2.75, 3.05) is 24.5 Å². The predicted octanol–water partition coefficient (Wildman–Crippen LogP) is 5.15. The van der Waals surface area contributed by atoms with E-state index in [0.717, 1.165) is 33.8 Å². The average molecular weight is 580 g/mol. The molecule has 0 aromatic heterocycles. The highest BCUT2D eigenvalue weighted by Crippen LogP contribution is 2.29. The number of benzene rings is 3. The highest BCUT2D eigenvalue weighted by atomic mass is 32.2. The Morgan fingerprint density at radius 2 is 1.63 bits per heavy atom. The summed E-state index contributed by atoms with van der Waals surface area (Å²) in [6, 6.07) is 18.5. The first-order valence-corrected chi connectivity index (χ1v) is 15.3. The Kier molecular flexibility index (Phi) is 10.9. The zero-order valence-electron chi connectivity index (χ0n) is 24.8. The van der Waals surface area contributed by atoms with Gasteiger partial charge in [0.1, 0.15) is 18.3 Å².